The lowest BCUT2D eigenvalue weighted by Gasteiger charge is -2.18. The molecule has 2 aromatic carbocycles. The highest BCUT2D eigenvalue weighted by atomic mass is 79.9. The van der Waals surface area contributed by atoms with Crippen LogP contribution in [0.1, 0.15) is 11.1 Å². The second-order valence-corrected chi connectivity index (χ2v) is 6.42. The van der Waals surface area contributed by atoms with Gasteiger partial charge in [-0.3, -0.25) is 4.79 Å². The molecule has 1 amide bonds. The number of hydrogen-bond acceptors (Lipinski definition) is 2. The summed E-state index contributed by atoms with van der Waals surface area (Å²) in [7, 11) is 1.76. The van der Waals surface area contributed by atoms with Crippen LogP contribution in [0.4, 0.5) is 0 Å². The van der Waals surface area contributed by atoms with Crippen LogP contribution in [-0.4, -0.2) is 24.5 Å². The van der Waals surface area contributed by atoms with Gasteiger partial charge in [0.15, 0.2) is 6.61 Å². The van der Waals surface area contributed by atoms with E-state index in [-0.39, 0.29) is 12.5 Å². The van der Waals surface area contributed by atoms with Crippen molar-refractivity contribution < 1.29 is 9.53 Å². The third-order valence-corrected chi connectivity index (χ3v) is 4.00. The number of hydrogen-bond donors (Lipinski definition) is 0. The van der Waals surface area contributed by atoms with E-state index in [9.17, 15) is 4.79 Å². The normalized spacial score (nSPS) is 10.4. The Morgan fingerprint density at radius 2 is 1.91 bits per heavy atom. The van der Waals surface area contributed by atoms with Gasteiger partial charge in [0.2, 0.25) is 0 Å². The average molecular weight is 383 g/mol. The largest absolute Gasteiger partial charge is 0.482 e. The summed E-state index contributed by atoms with van der Waals surface area (Å²) in [4.78, 5) is 13.8. The maximum absolute atomic E-state index is 12.1. The lowest BCUT2D eigenvalue weighted by atomic mass is 10.1. The maximum atomic E-state index is 12.1. The van der Waals surface area contributed by atoms with E-state index in [1.54, 1.807) is 24.1 Å². The highest BCUT2D eigenvalue weighted by Gasteiger charge is 2.11. The Balaban J connectivity index is 1.89. The number of ether oxygens (including phenoxy) is 1. The lowest BCUT2D eigenvalue weighted by Crippen LogP contribution is -2.31. The molecule has 0 unspecified atom stereocenters. The summed E-state index contributed by atoms with van der Waals surface area (Å²) in [5, 5.41) is 0.475. The van der Waals surface area contributed by atoms with Crippen molar-refractivity contribution in [3.8, 4) is 5.75 Å². The van der Waals surface area contributed by atoms with E-state index < -0.39 is 0 Å². The van der Waals surface area contributed by atoms with E-state index in [1.807, 2.05) is 37.3 Å². The summed E-state index contributed by atoms with van der Waals surface area (Å²) in [6, 6.07) is 13.4. The molecule has 5 heteroatoms. The Labute approximate surface area is 144 Å². The van der Waals surface area contributed by atoms with E-state index in [0.717, 1.165) is 10.0 Å². The number of benzene rings is 2. The third-order valence-electron chi connectivity index (χ3n) is 3.21. The van der Waals surface area contributed by atoms with Crippen molar-refractivity contribution in [3.05, 3.63) is 63.1 Å². The van der Waals surface area contributed by atoms with Crippen LogP contribution in [0.3, 0.4) is 0 Å². The molecule has 0 N–H and O–H groups in total. The molecule has 116 valence electrons. The zero-order valence-electron chi connectivity index (χ0n) is 12.5. The minimum Gasteiger partial charge on any atom is -0.482 e. The summed E-state index contributed by atoms with van der Waals surface area (Å²) >= 11 is 9.38. The lowest BCUT2D eigenvalue weighted by molar-refractivity contribution is -0.132. The Bertz CT molecular complexity index is 658. The second-order valence-electron chi connectivity index (χ2n) is 5.10. The van der Waals surface area contributed by atoms with Gasteiger partial charge >= 0.3 is 0 Å². The highest BCUT2D eigenvalue weighted by Crippen LogP contribution is 2.27. The van der Waals surface area contributed by atoms with Gasteiger partial charge in [0.25, 0.3) is 5.91 Å². The van der Waals surface area contributed by atoms with Gasteiger partial charge in [0, 0.05) is 18.1 Å². The second kappa shape index (κ2) is 7.65. The standard InChI is InChI=1S/C17H17BrClNO2/c1-12-3-5-13(6-4-12)10-20(2)17(21)11-22-16-8-7-14(18)9-15(16)19/h3-9H,10-11H2,1-2H3. The third kappa shape index (κ3) is 4.75. The maximum Gasteiger partial charge on any atom is 0.260 e. The highest BCUT2D eigenvalue weighted by molar-refractivity contribution is 9.10. The Morgan fingerprint density at radius 3 is 2.55 bits per heavy atom. The zero-order chi connectivity index (χ0) is 16.1. The van der Waals surface area contributed by atoms with Gasteiger partial charge in [0.05, 0.1) is 5.02 Å². The molecule has 0 radical (unpaired) electrons. The van der Waals surface area contributed by atoms with E-state index in [4.69, 9.17) is 16.3 Å². The fourth-order valence-electron chi connectivity index (χ4n) is 1.90. The van der Waals surface area contributed by atoms with Crippen molar-refractivity contribution in [2.45, 2.75) is 13.5 Å². The predicted octanol–water partition coefficient (Wildman–Crippen LogP) is 4.45. The van der Waals surface area contributed by atoms with Crippen LogP contribution in [0.25, 0.3) is 0 Å². The number of likely N-dealkylation sites (N-methyl/N-ethyl adjacent to an activating group) is 1. The van der Waals surface area contributed by atoms with Gasteiger partial charge in [-0.15, -0.1) is 0 Å². The molecule has 0 saturated heterocycles. The number of carbonyl (C=O) groups excluding carboxylic acids is 1. The number of amides is 1. The summed E-state index contributed by atoms with van der Waals surface area (Å²) in [6.07, 6.45) is 0. The molecule has 0 aliphatic heterocycles. The zero-order valence-corrected chi connectivity index (χ0v) is 14.8. The fraction of sp³-hybridized carbons (Fsp3) is 0.235. The van der Waals surface area contributed by atoms with Crippen LogP contribution in [0.5, 0.6) is 5.75 Å². The van der Waals surface area contributed by atoms with Crippen LogP contribution in [-0.2, 0) is 11.3 Å². The molecule has 3 nitrogen and oxygen atoms in total. The van der Waals surface area contributed by atoms with Crippen molar-refractivity contribution in [1.82, 2.24) is 4.90 Å². The fourth-order valence-corrected chi connectivity index (χ4v) is 2.63. The molecule has 0 bridgehead atoms. The smallest absolute Gasteiger partial charge is 0.260 e. The van der Waals surface area contributed by atoms with Gasteiger partial charge in [-0.2, -0.15) is 0 Å². The minimum atomic E-state index is -0.0976. The number of rotatable bonds is 5. The first-order valence-electron chi connectivity index (χ1n) is 6.83. The number of nitrogens with zero attached hydrogens (tertiary/aromatic N) is 1. The van der Waals surface area contributed by atoms with Gasteiger partial charge in [-0.25, -0.2) is 0 Å². The molecule has 0 saturated carbocycles. The van der Waals surface area contributed by atoms with Crippen molar-refractivity contribution in [3.63, 3.8) is 0 Å². The van der Waals surface area contributed by atoms with Crippen LogP contribution < -0.4 is 4.74 Å². The molecule has 2 rings (SSSR count). The average Bonchev–Trinajstić information content (AvgIpc) is 2.48. The summed E-state index contributed by atoms with van der Waals surface area (Å²) < 4.78 is 6.36. The van der Waals surface area contributed by atoms with Crippen LogP contribution in [0, 0.1) is 6.92 Å². The number of aryl methyl sites for hydroxylation is 1. The quantitative estimate of drug-likeness (QED) is 0.764. The van der Waals surface area contributed by atoms with Gasteiger partial charge < -0.3 is 9.64 Å². The van der Waals surface area contributed by atoms with Crippen molar-refractivity contribution in [2.75, 3.05) is 13.7 Å². The van der Waals surface area contributed by atoms with Crippen LogP contribution in [0.15, 0.2) is 46.9 Å². The van der Waals surface area contributed by atoms with Crippen LogP contribution >= 0.6 is 27.5 Å². The first-order valence-corrected chi connectivity index (χ1v) is 8.00. The van der Waals surface area contributed by atoms with E-state index >= 15 is 0 Å². The Hall–Kier alpha value is -1.52. The number of carbonyl (C=O) groups is 1. The molecular formula is C17H17BrClNO2. The Morgan fingerprint density at radius 1 is 1.23 bits per heavy atom. The molecule has 2 aromatic rings. The molecule has 0 fully saturated rings. The molecule has 0 aliphatic carbocycles. The molecule has 0 aliphatic rings. The molecule has 0 heterocycles. The van der Waals surface area contributed by atoms with Gasteiger partial charge in [-0.05, 0) is 30.7 Å². The monoisotopic (exact) mass is 381 g/mol. The molecule has 0 aromatic heterocycles. The van der Waals surface area contributed by atoms with Gasteiger partial charge in [0.1, 0.15) is 5.75 Å². The molecule has 22 heavy (non-hydrogen) atoms. The first kappa shape index (κ1) is 16.8. The first-order chi connectivity index (χ1) is 10.5. The summed E-state index contributed by atoms with van der Waals surface area (Å²) in [5.74, 6) is 0.404. The van der Waals surface area contributed by atoms with Crippen molar-refractivity contribution in [2.24, 2.45) is 0 Å². The van der Waals surface area contributed by atoms with Crippen molar-refractivity contribution >= 4 is 33.4 Å². The van der Waals surface area contributed by atoms with Crippen LogP contribution in [0.2, 0.25) is 5.02 Å². The van der Waals surface area contributed by atoms with E-state index in [1.165, 1.54) is 5.56 Å². The Kier molecular flexibility index (Phi) is 5.86. The molecular weight excluding hydrogens is 366 g/mol. The molecule has 0 atom stereocenters. The minimum absolute atomic E-state index is 0.0380. The topological polar surface area (TPSA) is 29.5 Å². The SMILES string of the molecule is Cc1ccc(CN(C)C(=O)COc2ccc(Br)cc2Cl)cc1. The summed E-state index contributed by atoms with van der Waals surface area (Å²) in [6.45, 7) is 2.55. The van der Waals surface area contributed by atoms with E-state index in [2.05, 4.69) is 15.9 Å². The van der Waals surface area contributed by atoms with Gasteiger partial charge in [-0.1, -0.05) is 57.4 Å². The van der Waals surface area contributed by atoms with Crippen molar-refractivity contribution in [1.29, 1.82) is 0 Å². The van der Waals surface area contributed by atoms with E-state index in [0.29, 0.717) is 17.3 Å². The predicted molar refractivity (Wildman–Crippen MR) is 92.3 cm³/mol. The number of halogens is 2. The molecule has 0 spiro atoms. The summed E-state index contributed by atoms with van der Waals surface area (Å²) in [5.41, 5.74) is 2.29.